The lowest BCUT2D eigenvalue weighted by molar-refractivity contribution is -0.137. The molecule has 0 atom stereocenters. The van der Waals surface area contributed by atoms with Crippen LogP contribution in [0.2, 0.25) is 5.02 Å². The summed E-state index contributed by atoms with van der Waals surface area (Å²) in [6.07, 6.45) is -3.25. The Balaban J connectivity index is 1.83. The van der Waals surface area contributed by atoms with Crippen LogP contribution >= 0.6 is 23.4 Å². The highest BCUT2D eigenvalue weighted by Crippen LogP contribution is 2.33. The van der Waals surface area contributed by atoms with Crippen molar-refractivity contribution in [3.05, 3.63) is 69.6 Å². The Labute approximate surface area is 165 Å². The third kappa shape index (κ3) is 4.73. The number of benzene rings is 2. The van der Waals surface area contributed by atoms with Crippen LogP contribution in [0.15, 0.2) is 63.1 Å². The van der Waals surface area contributed by atoms with E-state index >= 15 is 0 Å². The average molecular weight is 427 g/mol. The fraction of sp³-hybridized carbons (Fsp3) is 0.0556. The van der Waals surface area contributed by atoms with Crippen molar-refractivity contribution in [1.82, 2.24) is 10.2 Å². The molecule has 0 saturated carbocycles. The number of aliphatic carboxylic acids is 1. The van der Waals surface area contributed by atoms with E-state index in [9.17, 15) is 23.1 Å². The van der Waals surface area contributed by atoms with Crippen molar-refractivity contribution >= 4 is 35.4 Å². The summed E-state index contributed by atoms with van der Waals surface area (Å²) in [7, 11) is 0. The van der Waals surface area contributed by atoms with Gasteiger partial charge in [-0.05, 0) is 47.7 Å². The molecule has 0 fully saturated rings. The number of halogens is 4. The van der Waals surface area contributed by atoms with E-state index in [1.807, 2.05) is 0 Å². The summed E-state index contributed by atoms with van der Waals surface area (Å²) in [5, 5.41) is 17.3. The molecule has 28 heavy (non-hydrogen) atoms. The van der Waals surface area contributed by atoms with E-state index < -0.39 is 17.7 Å². The number of hydrogen-bond acceptors (Lipinski definition) is 5. The molecular weight excluding hydrogens is 417 g/mol. The molecule has 0 unspecified atom stereocenters. The molecule has 0 amide bonds. The third-order valence-electron chi connectivity index (χ3n) is 3.45. The van der Waals surface area contributed by atoms with Gasteiger partial charge in [0.25, 0.3) is 5.22 Å². The Hall–Kier alpha value is -2.78. The lowest BCUT2D eigenvalue weighted by Gasteiger charge is -2.06. The maximum absolute atomic E-state index is 12.6. The topological polar surface area (TPSA) is 76.2 Å². The quantitative estimate of drug-likeness (QED) is 0.421. The van der Waals surface area contributed by atoms with Gasteiger partial charge in [-0.2, -0.15) is 13.2 Å². The van der Waals surface area contributed by atoms with Crippen LogP contribution in [0.25, 0.3) is 17.5 Å². The summed E-state index contributed by atoms with van der Waals surface area (Å²) in [4.78, 5) is 11.3. The molecule has 3 rings (SSSR count). The smallest absolute Gasteiger partial charge is 0.416 e. The molecule has 0 spiro atoms. The lowest BCUT2D eigenvalue weighted by atomic mass is 10.1. The van der Waals surface area contributed by atoms with Gasteiger partial charge in [0.15, 0.2) is 0 Å². The van der Waals surface area contributed by atoms with Gasteiger partial charge in [0, 0.05) is 0 Å². The minimum atomic E-state index is -4.47. The minimum Gasteiger partial charge on any atom is -0.477 e. The predicted molar refractivity (Wildman–Crippen MR) is 97.7 cm³/mol. The monoisotopic (exact) mass is 426 g/mol. The van der Waals surface area contributed by atoms with E-state index in [0.717, 1.165) is 12.1 Å². The number of hydrogen-bond donors (Lipinski definition) is 1. The average Bonchev–Trinajstić information content (AvgIpc) is 3.09. The molecule has 10 heteroatoms. The molecule has 5 nitrogen and oxygen atoms in total. The van der Waals surface area contributed by atoms with Gasteiger partial charge in [-0.25, -0.2) is 4.79 Å². The van der Waals surface area contributed by atoms with Crippen molar-refractivity contribution in [2.24, 2.45) is 0 Å². The zero-order valence-corrected chi connectivity index (χ0v) is 15.3. The molecule has 0 aliphatic carbocycles. The van der Waals surface area contributed by atoms with Crippen LogP contribution < -0.4 is 0 Å². The van der Waals surface area contributed by atoms with E-state index in [1.54, 1.807) is 24.3 Å². The van der Waals surface area contributed by atoms with Gasteiger partial charge >= 0.3 is 12.1 Å². The van der Waals surface area contributed by atoms with Gasteiger partial charge in [-0.3, -0.25) is 0 Å². The molecule has 1 aromatic heterocycles. The molecule has 144 valence electrons. The summed E-state index contributed by atoms with van der Waals surface area (Å²) >= 11 is 6.73. The summed E-state index contributed by atoms with van der Waals surface area (Å²) in [5.41, 5.74) is -0.0497. The van der Waals surface area contributed by atoms with Crippen molar-refractivity contribution in [2.75, 3.05) is 0 Å². The second-order valence-corrected chi connectivity index (χ2v) is 6.79. The summed E-state index contributed by atoms with van der Waals surface area (Å²) in [6.45, 7) is 0. The van der Waals surface area contributed by atoms with Gasteiger partial charge in [-0.1, -0.05) is 35.9 Å². The molecule has 0 aliphatic rings. The minimum absolute atomic E-state index is 0.0459. The maximum Gasteiger partial charge on any atom is 0.416 e. The molecule has 0 aliphatic heterocycles. The highest BCUT2D eigenvalue weighted by molar-refractivity contribution is 8.03. The number of carboxylic acids is 1. The molecule has 2 aromatic carbocycles. The molecule has 0 bridgehead atoms. The maximum atomic E-state index is 12.6. The van der Waals surface area contributed by atoms with Gasteiger partial charge in [-0.15, -0.1) is 10.2 Å². The number of carboxylic acid groups (broad SMARTS) is 1. The molecule has 1 N–H and O–H groups in total. The van der Waals surface area contributed by atoms with Crippen molar-refractivity contribution in [3.8, 4) is 11.5 Å². The molecular formula is C18H10ClF3N2O3S. The lowest BCUT2D eigenvalue weighted by Crippen LogP contribution is -2.04. The normalized spacial score (nSPS) is 12.2. The summed E-state index contributed by atoms with van der Waals surface area (Å²) in [5.74, 6) is -1.17. The van der Waals surface area contributed by atoms with E-state index in [0.29, 0.717) is 22.3 Å². The number of rotatable bonds is 5. The van der Waals surface area contributed by atoms with Crippen LogP contribution in [0.1, 0.15) is 11.1 Å². The molecule has 3 aromatic rings. The SMILES string of the molecule is O=C(O)/C(=C/c1ccc(C(F)(F)F)cc1)Sc1nnc(-c2ccccc2Cl)o1. The molecule has 0 radical (unpaired) electrons. The van der Waals surface area contributed by atoms with Crippen molar-refractivity contribution < 1.29 is 27.5 Å². The largest absolute Gasteiger partial charge is 0.477 e. The van der Waals surface area contributed by atoms with Gasteiger partial charge < -0.3 is 9.52 Å². The highest BCUT2D eigenvalue weighted by atomic mass is 35.5. The van der Waals surface area contributed by atoms with Crippen LogP contribution in [0.4, 0.5) is 13.2 Å². The van der Waals surface area contributed by atoms with Crippen LogP contribution in [0, 0.1) is 0 Å². The van der Waals surface area contributed by atoms with E-state index in [-0.39, 0.29) is 21.6 Å². The Kier molecular flexibility index (Phi) is 5.76. The Bertz CT molecular complexity index is 1030. The van der Waals surface area contributed by atoms with Crippen LogP contribution in [0.3, 0.4) is 0 Å². The Morgan fingerprint density at radius 3 is 2.39 bits per heavy atom. The van der Waals surface area contributed by atoms with E-state index in [1.165, 1.54) is 18.2 Å². The number of nitrogens with zero attached hydrogens (tertiary/aromatic N) is 2. The fourth-order valence-corrected chi connectivity index (χ4v) is 3.03. The number of aromatic nitrogens is 2. The second-order valence-electron chi connectivity index (χ2n) is 5.39. The van der Waals surface area contributed by atoms with Gasteiger partial charge in [0.1, 0.15) is 4.91 Å². The summed E-state index contributed by atoms with van der Waals surface area (Å²) in [6, 6.07) is 10.9. The first-order valence-electron chi connectivity index (χ1n) is 7.62. The van der Waals surface area contributed by atoms with Crippen molar-refractivity contribution in [1.29, 1.82) is 0 Å². The van der Waals surface area contributed by atoms with Gasteiger partial charge in [0.05, 0.1) is 16.1 Å². The Morgan fingerprint density at radius 2 is 1.79 bits per heavy atom. The first-order chi connectivity index (χ1) is 13.2. The second kappa shape index (κ2) is 8.07. The van der Waals surface area contributed by atoms with Crippen molar-refractivity contribution in [3.63, 3.8) is 0 Å². The standard InChI is InChI=1S/C18H10ClF3N2O3S/c19-13-4-2-1-3-12(13)15-23-24-17(27-15)28-14(16(25)26)9-10-5-7-11(8-6-10)18(20,21)22/h1-9H,(H,25,26)/b14-9-. The molecule has 0 saturated heterocycles. The zero-order chi connectivity index (χ0) is 20.3. The van der Waals surface area contributed by atoms with E-state index in [2.05, 4.69) is 10.2 Å². The van der Waals surface area contributed by atoms with E-state index in [4.69, 9.17) is 16.0 Å². The van der Waals surface area contributed by atoms with Crippen molar-refractivity contribution in [2.45, 2.75) is 11.4 Å². The van der Waals surface area contributed by atoms with Crippen LogP contribution in [0.5, 0.6) is 0 Å². The van der Waals surface area contributed by atoms with Crippen LogP contribution in [-0.4, -0.2) is 21.3 Å². The van der Waals surface area contributed by atoms with Gasteiger partial charge in [0.2, 0.25) is 5.89 Å². The third-order valence-corrected chi connectivity index (χ3v) is 4.64. The Morgan fingerprint density at radius 1 is 1.11 bits per heavy atom. The number of thioether (sulfide) groups is 1. The van der Waals surface area contributed by atoms with Crippen LogP contribution in [-0.2, 0) is 11.0 Å². The first kappa shape index (κ1) is 20.0. The zero-order valence-electron chi connectivity index (χ0n) is 13.8. The molecule has 1 heterocycles. The number of alkyl halides is 3. The fourth-order valence-electron chi connectivity index (χ4n) is 2.14. The summed E-state index contributed by atoms with van der Waals surface area (Å²) < 4.78 is 43.3. The highest BCUT2D eigenvalue weighted by Gasteiger charge is 2.29. The first-order valence-corrected chi connectivity index (χ1v) is 8.82. The predicted octanol–water partition coefficient (Wildman–Crippen LogP) is 5.63. The number of carbonyl (C=O) groups is 1.